The summed E-state index contributed by atoms with van der Waals surface area (Å²) in [5, 5.41) is 9.31. The SMILES string of the molecule is OCCc1ccccc1Oc1ncncc1Cl. The molecule has 4 nitrogen and oxygen atoms in total. The largest absolute Gasteiger partial charge is 0.437 e. The van der Waals surface area contributed by atoms with E-state index in [1.165, 1.54) is 12.5 Å². The minimum atomic E-state index is 0.0673. The average molecular weight is 251 g/mol. The number of hydrogen-bond acceptors (Lipinski definition) is 4. The van der Waals surface area contributed by atoms with E-state index in [1.54, 1.807) is 0 Å². The van der Waals surface area contributed by atoms with E-state index in [-0.39, 0.29) is 6.61 Å². The molecule has 0 saturated carbocycles. The van der Waals surface area contributed by atoms with Crippen LogP contribution < -0.4 is 4.74 Å². The highest BCUT2D eigenvalue weighted by atomic mass is 35.5. The molecule has 1 aromatic heterocycles. The fourth-order valence-electron chi connectivity index (χ4n) is 1.41. The topological polar surface area (TPSA) is 55.2 Å². The smallest absolute Gasteiger partial charge is 0.241 e. The zero-order valence-corrected chi connectivity index (χ0v) is 9.76. The fraction of sp³-hybridized carbons (Fsp3) is 0.167. The van der Waals surface area contributed by atoms with Gasteiger partial charge >= 0.3 is 0 Å². The summed E-state index contributed by atoms with van der Waals surface area (Å²) >= 11 is 5.90. The van der Waals surface area contributed by atoms with Gasteiger partial charge in [-0.05, 0) is 18.1 Å². The molecule has 0 unspecified atom stereocenters. The lowest BCUT2D eigenvalue weighted by atomic mass is 10.1. The van der Waals surface area contributed by atoms with E-state index in [1.807, 2.05) is 24.3 Å². The van der Waals surface area contributed by atoms with Crippen LogP contribution in [0.25, 0.3) is 0 Å². The van der Waals surface area contributed by atoms with Crippen molar-refractivity contribution in [3.63, 3.8) is 0 Å². The third-order valence-corrected chi connectivity index (χ3v) is 2.45. The number of nitrogens with zero attached hydrogens (tertiary/aromatic N) is 2. The summed E-state index contributed by atoms with van der Waals surface area (Å²) < 4.78 is 5.60. The summed E-state index contributed by atoms with van der Waals surface area (Å²) in [5.41, 5.74) is 0.907. The lowest BCUT2D eigenvalue weighted by Gasteiger charge is -2.09. The van der Waals surface area contributed by atoms with Gasteiger partial charge in [-0.25, -0.2) is 9.97 Å². The third kappa shape index (κ3) is 2.93. The highest BCUT2D eigenvalue weighted by molar-refractivity contribution is 6.31. The van der Waals surface area contributed by atoms with E-state index in [4.69, 9.17) is 21.4 Å². The summed E-state index contributed by atoms with van der Waals surface area (Å²) in [5.74, 6) is 0.953. The normalized spacial score (nSPS) is 10.2. The predicted molar refractivity (Wildman–Crippen MR) is 64.3 cm³/mol. The molecule has 0 spiro atoms. The lowest BCUT2D eigenvalue weighted by Crippen LogP contribution is -1.96. The maximum Gasteiger partial charge on any atom is 0.241 e. The van der Waals surface area contributed by atoms with Crippen molar-refractivity contribution in [2.45, 2.75) is 6.42 Å². The molecule has 0 radical (unpaired) electrons. The lowest BCUT2D eigenvalue weighted by molar-refractivity contribution is 0.297. The van der Waals surface area contributed by atoms with E-state index in [0.717, 1.165) is 5.56 Å². The Bertz CT molecular complexity index is 505. The van der Waals surface area contributed by atoms with Gasteiger partial charge in [-0.1, -0.05) is 29.8 Å². The summed E-state index contributed by atoms with van der Waals surface area (Å²) in [7, 11) is 0. The Hall–Kier alpha value is -1.65. The maximum absolute atomic E-state index is 8.96. The first-order chi connectivity index (χ1) is 8.31. The molecule has 88 valence electrons. The maximum atomic E-state index is 8.96. The number of aromatic nitrogens is 2. The van der Waals surface area contributed by atoms with Crippen molar-refractivity contribution in [2.24, 2.45) is 0 Å². The molecule has 17 heavy (non-hydrogen) atoms. The Balaban J connectivity index is 2.27. The number of hydrogen-bond donors (Lipinski definition) is 1. The predicted octanol–water partition coefficient (Wildman–Crippen LogP) is 2.46. The zero-order valence-electron chi connectivity index (χ0n) is 9.01. The molecule has 0 saturated heterocycles. The van der Waals surface area contributed by atoms with Crippen molar-refractivity contribution in [1.29, 1.82) is 0 Å². The van der Waals surface area contributed by atoms with E-state index in [2.05, 4.69) is 9.97 Å². The Morgan fingerprint density at radius 3 is 2.88 bits per heavy atom. The quantitative estimate of drug-likeness (QED) is 0.906. The fourth-order valence-corrected chi connectivity index (χ4v) is 1.55. The van der Waals surface area contributed by atoms with E-state index in [0.29, 0.717) is 23.1 Å². The number of halogens is 1. The van der Waals surface area contributed by atoms with Crippen LogP contribution in [0.3, 0.4) is 0 Å². The first kappa shape index (κ1) is 11.8. The molecule has 0 bridgehead atoms. The van der Waals surface area contributed by atoms with Crippen molar-refractivity contribution < 1.29 is 9.84 Å². The van der Waals surface area contributed by atoms with Gasteiger partial charge in [0.2, 0.25) is 5.88 Å². The van der Waals surface area contributed by atoms with Gasteiger partial charge in [0.05, 0.1) is 6.20 Å². The van der Waals surface area contributed by atoms with E-state index < -0.39 is 0 Å². The second kappa shape index (κ2) is 5.61. The third-order valence-electron chi connectivity index (χ3n) is 2.19. The Labute approximate surface area is 104 Å². The van der Waals surface area contributed by atoms with Crippen LogP contribution in [0.5, 0.6) is 11.6 Å². The molecule has 1 aromatic carbocycles. The van der Waals surface area contributed by atoms with Gasteiger partial charge in [0.1, 0.15) is 17.1 Å². The standard InChI is InChI=1S/C12H11ClN2O2/c13-10-7-14-8-15-12(10)17-11-4-2-1-3-9(11)5-6-16/h1-4,7-8,16H,5-6H2. The first-order valence-corrected chi connectivity index (χ1v) is 5.51. The van der Waals surface area contributed by atoms with Gasteiger partial charge in [0, 0.05) is 6.61 Å². The molecule has 1 heterocycles. The molecule has 0 amide bonds. The average Bonchev–Trinajstić information content (AvgIpc) is 2.35. The highest BCUT2D eigenvalue weighted by Gasteiger charge is 2.07. The van der Waals surface area contributed by atoms with Crippen LogP contribution in [0.2, 0.25) is 5.02 Å². The molecule has 2 aromatic rings. The van der Waals surface area contributed by atoms with Crippen LogP contribution in [0.1, 0.15) is 5.56 Å². The van der Waals surface area contributed by atoms with Gasteiger partial charge < -0.3 is 9.84 Å². The minimum Gasteiger partial charge on any atom is -0.437 e. The van der Waals surface area contributed by atoms with Crippen molar-refractivity contribution in [2.75, 3.05) is 6.61 Å². The first-order valence-electron chi connectivity index (χ1n) is 5.13. The Kier molecular flexibility index (Phi) is 3.90. The van der Waals surface area contributed by atoms with Gasteiger partial charge in [0.15, 0.2) is 0 Å². The van der Waals surface area contributed by atoms with E-state index >= 15 is 0 Å². The molecule has 1 N–H and O–H groups in total. The minimum absolute atomic E-state index is 0.0673. The number of ether oxygens (including phenoxy) is 1. The van der Waals surface area contributed by atoms with Gasteiger partial charge in [-0.3, -0.25) is 0 Å². The van der Waals surface area contributed by atoms with Crippen LogP contribution in [0.4, 0.5) is 0 Å². The summed E-state index contributed by atoms with van der Waals surface area (Å²) in [6, 6.07) is 7.44. The molecular weight excluding hydrogens is 240 g/mol. The monoisotopic (exact) mass is 250 g/mol. The van der Waals surface area contributed by atoms with Crippen LogP contribution in [0, 0.1) is 0 Å². The van der Waals surface area contributed by atoms with Crippen LogP contribution in [0.15, 0.2) is 36.8 Å². The van der Waals surface area contributed by atoms with Crippen molar-refractivity contribution in [1.82, 2.24) is 9.97 Å². The number of rotatable bonds is 4. The Morgan fingerprint density at radius 2 is 2.12 bits per heavy atom. The highest BCUT2D eigenvalue weighted by Crippen LogP contribution is 2.28. The molecule has 2 rings (SSSR count). The van der Waals surface area contributed by atoms with Gasteiger partial charge in [-0.15, -0.1) is 0 Å². The molecule has 0 fully saturated rings. The van der Waals surface area contributed by atoms with Gasteiger partial charge in [-0.2, -0.15) is 0 Å². The van der Waals surface area contributed by atoms with Crippen LogP contribution >= 0.6 is 11.6 Å². The van der Waals surface area contributed by atoms with Gasteiger partial charge in [0.25, 0.3) is 0 Å². The summed E-state index contributed by atoms with van der Waals surface area (Å²) in [6.07, 6.45) is 3.37. The molecule has 0 atom stereocenters. The number of para-hydroxylation sites is 1. The summed E-state index contributed by atoms with van der Waals surface area (Å²) in [6.45, 7) is 0.0673. The van der Waals surface area contributed by atoms with E-state index in [9.17, 15) is 0 Å². The van der Waals surface area contributed by atoms with Crippen LogP contribution in [-0.4, -0.2) is 21.7 Å². The number of benzene rings is 1. The molecule has 5 heteroatoms. The van der Waals surface area contributed by atoms with Crippen LogP contribution in [-0.2, 0) is 6.42 Å². The molecule has 0 aliphatic carbocycles. The van der Waals surface area contributed by atoms with Crippen molar-refractivity contribution in [3.8, 4) is 11.6 Å². The second-order valence-corrected chi connectivity index (χ2v) is 3.77. The molecular formula is C12H11ClN2O2. The second-order valence-electron chi connectivity index (χ2n) is 3.36. The molecule has 0 aliphatic rings. The van der Waals surface area contributed by atoms with Crippen molar-refractivity contribution in [3.05, 3.63) is 47.4 Å². The summed E-state index contributed by atoms with van der Waals surface area (Å²) in [4.78, 5) is 7.73. The molecule has 0 aliphatic heterocycles. The number of aliphatic hydroxyl groups excluding tert-OH is 1. The van der Waals surface area contributed by atoms with Crippen molar-refractivity contribution >= 4 is 11.6 Å². The Morgan fingerprint density at radius 1 is 1.29 bits per heavy atom. The zero-order chi connectivity index (χ0) is 12.1. The number of aliphatic hydroxyl groups is 1.